The Morgan fingerprint density at radius 3 is 2.77 bits per heavy atom. The maximum atomic E-state index is 12.4. The zero-order valence-electron chi connectivity index (χ0n) is 11.6. The topological polar surface area (TPSA) is 104 Å². The zero-order chi connectivity index (χ0) is 15.7. The SMILES string of the molecule is O=C(O)[C@H]1CCCN1C(=O)c1ccc(-c2ccco2)[nH]c1=O. The van der Waals surface area contributed by atoms with E-state index >= 15 is 0 Å². The fourth-order valence-corrected chi connectivity index (χ4v) is 2.64. The van der Waals surface area contributed by atoms with Gasteiger partial charge in [-0.25, -0.2) is 4.79 Å². The number of rotatable bonds is 3. The molecule has 0 bridgehead atoms. The van der Waals surface area contributed by atoms with Gasteiger partial charge in [-0.05, 0) is 37.1 Å². The highest BCUT2D eigenvalue weighted by Gasteiger charge is 2.35. The van der Waals surface area contributed by atoms with Gasteiger partial charge in [-0.3, -0.25) is 9.59 Å². The fourth-order valence-electron chi connectivity index (χ4n) is 2.64. The van der Waals surface area contributed by atoms with Gasteiger partial charge in [-0.1, -0.05) is 0 Å². The Kier molecular flexibility index (Phi) is 3.54. The first-order valence-corrected chi connectivity index (χ1v) is 6.89. The number of aromatic nitrogens is 1. The van der Waals surface area contributed by atoms with Gasteiger partial charge < -0.3 is 19.4 Å². The van der Waals surface area contributed by atoms with Crippen LogP contribution in [0.15, 0.2) is 39.7 Å². The predicted molar refractivity (Wildman–Crippen MR) is 76.5 cm³/mol. The number of amides is 1. The average Bonchev–Trinajstić information content (AvgIpc) is 3.17. The van der Waals surface area contributed by atoms with Crippen LogP contribution in [0.1, 0.15) is 23.2 Å². The molecule has 1 aliphatic heterocycles. The first kappa shape index (κ1) is 14.1. The second kappa shape index (κ2) is 5.51. The van der Waals surface area contributed by atoms with E-state index in [1.165, 1.54) is 17.2 Å². The molecule has 0 spiro atoms. The van der Waals surface area contributed by atoms with Crippen molar-refractivity contribution in [2.45, 2.75) is 18.9 Å². The number of nitrogens with zero attached hydrogens (tertiary/aromatic N) is 1. The van der Waals surface area contributed by atoms with Crippen molar-refractivity contribution in [3.8, 4) is 11.5 Å². The summed E-state index contributed by atoms with van der Waals surface area (Å²) in [5, 5.41) is 9.13. The highest BCUT2D eigenvalue weighted by molar-refractivity contribution is 5.96. The van der Waals surface area contributed by atoms with Crippen LogP contribution in [0, 0.1) is 0 Å². The van der Waals surface area contributed by atoms with Crippen LogP contribution in [-0.2, 0) is 4.79 Å². The summed E-state index contributed by atoms with van der Waals surface area (Å²) in [5.74, 6) is -1.12. The van der Waals surface area contributed by atoms with Crippen LogP contribution < -0.4 is 5.56 Å². The Bertz CT molecular complexity index is 762. The van der Waals surface area contributed by atoms with Crippen molar-refractivity contribution >= 4 is 11.9 Å². The molecule has 1 amide bonds. The lowest BCUT2D eigenvalue weighted by Gasteiger charge is -2.21. The summed E-state index contributed by atoms with van der Waals surface area (Å²) in [4.78, 5) is 39.5. The summed E-state index contributed by atoms with van der Waals surface area (Å²) in [6, 6.07) is 5.48. The normalized spacial score (nSPS) is 17.6. The minimum Gasteiger partial charge on any atom is -0.480 e. The number of H-pyrrole nitrogens is 1. The smallest absolute Gasteiger partial charge is 0.326 e. The Hall–Kier alpha value is -2.83. The molecule has 0 unspecified atom stereocenters. The first-order chi connectivity index (χ1) is 10.6. The van der Waals surface area contributed by atoms with E-state index in [0.29, 0.717) is 30.8 Å². The molecule has 1 fully saturated rings. The van der Waals surface area contributed by atoms with Crippen molar-refractivity contribution in [2.24, 2.45) is 0 Å². The molecule has 2 aromatic rings. The van der Waals surface area contributed by atoms with Crippen molar-refractivity contribution in [1.82, 2.24) is 9.88 Å². The molecule has 1 atom stereocenters. The van der Waals surface area contributed by atoms with Gasteiger partial charge in [-0.15, -0.1) is 0 Å². The average molecular weight is 302 g/mol. The Labute approximate surface area is 125 Å². The molecule has 1 aliphatic rings. The fraction of sp³-hybridized carbons (Fsp3) is 0.267. The van der Waals surface area contributed by atoms with Gasteiger partial charge in [0.15, 0.2) is 0 Å². The van der Waals surface area contributed by atoms with E-state index in [0.717, 1.165) is 0 Å². The molecular weight excluding hydrogens is 288 g/mol. The van der Waals surface area contributed by atoms with Gasteiger partial charge in [0.25, 0.3) is 11.5 Å². The highest BCUT2D eigenvalue weighted by Crippen LogP contribution is 2.20. The number of furan rings is 1. The van der Waals surface area contributed by atoms with Crippen molar-refractivity contribution < 1.29 is 19.1 Å². The summed E-state index contributed by atoms with van der Waals surface area (Å²) < 4.78 is 5.18. The molecule has 3 heterocycles. The minimum absolute atomic E-state index is 0.0662. The summed E-state index contributed by atoms with van der Waals surface area (Å²) in [6.07, 6.45) is 2.50. The van der Waals surface area contributed by atoms with Crippen LogP contribution in [-0.4, -0.2) is 39.5 Å². The standard InChI is InChI=1S/C15H14N2O5/c18-13-9(5-6-10(16-13)12-4-2-8-22-12)14(19)17-7-1-3-11(17)15(20)21/h2,4-6,8,11H,1,3,7H2,(H,16,18)(H,20,21)/t11-/m1/s1. The highest BCUT2D eigenvalue weighted by atomic mass is 16.4. The minimum atomic E-state index is -1.05. The van der Waals surface area contributed by atoms with Crippen molar-refractivity contribution in [3.05, 3.63) is 46.4 Å². The molecule has 2 aromatic heterocycles. The first-order valence-electron chi connectivity index (χ1n) is 6.89. The molecule has 0 radical (unpaired) electrons. The summed E-state index contributed by atoms with van der Waals surface area (Å²) in [6.45, 7) is 0.342. The number of carboxylic acids is 1. The van der Waals surface area contributed by atoms with Gasteiger partial charge in [-0.2, -0.15) is 0 Å². The third-order valence-corrected chi connectivity index (χ3v) is 3.73. The summed E-state index contributed by atoms with van der Waals surface area (Å²) >= 11 is 0. The largest absolute Gasteiger partial charge is 0.480 e. The molecule has 0 saturated carbocycles. The van der Waals surface area contributed by atoms with Crippen LogP contribution >= 0.6 is 0 Å². The number of hydrogen-bond donors (Lipinski definition) is 2. The van der Waals surface area contributed by atoms with Crippen molar-refractivity contribution in [2.75, 3.05) is 6.54 Å². The Morgan fingerprint density at radius 1 is 1.32 bits per heavy atom. The molecule has 2 N–H and O–H groups in total. The number of likely N-dealkylation sites (tertiary alicyclic amines) is 1. The van der Waals surface area contributed by atoms with Crippen LogP contribution in [0.4, 0.5) is 0 Å². The van der Waals surface area contributed by atoms with E-state index < -0.39 is 23.5 Å². The van der Waals surface area contributed by atoms with Crippen LogP contribution in [0.25, 0.3) is 11.5 Å². The molecule has 0 aromatic carbocycles. The van der Waals surface area contributed by atoms with Gasteiger partial charge >= 0.3 is 5.97 Å². The Morgan fingerprint density at radius 2 is 2.14 bits per heavy atom. The third kappa shape index (κ3) is 2.41. The molecule has 114 valence electrons. The molecule has 3 rings (SSSR count). The zero-order valence-corrected chi connectivity index (χ0v) is 11.6. The predicted octanol–water partition coefficient (Wildman–Crippen LogP) is 1.32. The van der Waals surface area contributed by atoms with Gasteiger partial charge in [0.05, 0.1) is 12.0 Å². The summed E-state index contributed by atoms with van der Waals surface area (Å²) in [7, 11) is 0. The molecule has 22 heavy (non-hydrogen) atoms. The number of carbonyl (C=O) groups is 2. The monoisotopic (exact) mass is 302 g/mol. The van der Waals surface area contributed by atoms with Crippen LogP contribution in [0.3, 0.4) is 0 Å². The Balaban J connectivity index is 1.90. The van der Waals surface area contributed by atoms with Gasteiger partial charge in [0.2, 0.25) is 0 Å². The van der Waals surface area contributed by atoms with E-state index in [1.54, 1.807) is 18.2 Å². The van der Waals surface area contributed by atoms with E-state index in [9.17, 15) is 14.4 Å². The molecular formula is C15H14N2O5. The summed E-state index contributed by atoms with van der Waals surface area (Å²) in [5.41, 5.74) is -0.166. The molecule has 1 saturated heterocycles. The van der Waals surface area contributed by atoms with Gasteiger partial charge in [0.1, 0.15) is 17.4 Å². The van der Waals surface area contributed by atoms with Gasteiger partial charge in [0, 0.05) is 6.54 Å². The molecule has 0 aliphatic carbocycles. The number of pyridine rings is 1. The number of aliphatic carboxylic acids is 1. The second-order valence-corrected chi connectivity index (χ2v) is 5.09. The van der Waals surface area contributed by atoms with Crippen LogP contribution in [0.2, 0.25) is 0 Å². The van der Waals surface area contributed by atoms with E-state index in [1.807, 2.05) is 0 Å². The van der Waals surface area contributed by atoms with Crippen molar-refractivity contribution in [1.29, 1.82) is 0 Å². The molecule has 7 nitrogen and oxygen atoms in total. The number of carboxylic acid groups (broad SMARTS) is 1. The van der Waals surface area contributed by atoms with Crippen LogP contribution in [0.5, 0.6) is 0 Å². The number of nitrogens with one attached hydrogen (secondary N) is 1. The number of aromatic amines is 1. The second-order valence-electron chi connectivity index (χ2n) is 5.09. The quantitative estimate of drug-likeness (QED) is 0.890. The lowest BCUT2D eigenvalue weighted by Crippen LogP contribution is -2.42. The number of hydrogen-bond acceptors (Lipinski definition) is 4. The van der Waals surface area contributed by atoms with E-state index in [4.69, 9.17) is 9.52 Å². The lowest BCUT2D eigenvalue weighted by atomic mass is 10.2. The van der Waals surface area contributed by atoms with E-state index in [2.05, 4.69) is 4.98 Å². The third-order valence-electron chi connectivity index (χ3n) is 3.73. The molecule has 7 heteroatoms. The lowest BCUT2D eigenvalue weighted by molar-refractivity contribution is -0.141. The van der Waals surface area contributed by atoms with E-state index in [-0.39, 0.29) is 5.56 Å². The van der Waals surface area contributed by atoms with Crippen molar-refractivity contribution in [3.63, 3.8) is 0 Å². The maximum Gasteiger partial charge on any atom is 0.326 e. The maximum absolute atomic E-state index is 12.4. The number of carbonyl (C=O) groups excluding carboxylic acids is 1.